The lowest BCUT2D eigenvalue weighted by molar-refractivity contribution is -0.124. The van der Waals surface area contributed by atoms with E-state index in [1.54, 1.807) is 12.2 Å². The molecule has 0 saturated heterocycles. The van der Waals surface area contributed by atoms with Gasteiger partial charge in [-0.2, -0.15) is 0 Å². The van der Waals surface area contributed by atoms with Crippen LogP contribution in [0.1, 0.15) is 5.56 Å². The summed E-state index contributed by atoms with van der Waals surface area (Å²) in [4.78, 5) is 10.8. The average Bonchev–Trinajstić information content (AvgIpc) is 2.26. The quantitative estimate of drug-likeness (QED) is 0.329. The lowest BCUT2D eigenvalue weighted by Gasteiger charge is -1.96. The number of hydroxylamine groups is 1. The number of hydrogen-bond acceptors (Lipinski definition) is 2. The van der Waals surface area contributed by atoms with Crippen molar-refractivity contribution in [2.75, 3.05) is 0 Å². The maximum atomic E-state index is 10.8. The molecule has 1 aromatic carbocycles. The Kier molecular flexibility index (Phi) is 3.64. The van der Waals surface area contributed by atoms with Crippen LogP contribution in [-0.2, 0) is 4.79 Å². The van der Waals surface area contributed by atoms with E-state index in [9.17, 15) is 4.79 Å². The molecular weight excluding hydrogens is 178 g/mol. The monoisotopic (exact) mass is 189 g/mol. The number of nitrogens with one attached hydrogen (secondary N) is 1. The zero-order chi connectivity index (χ0) is 10.4. The van der Waals surface area contributed by atoms with Gasteiger partial charge in [-0.05, 0) is 11.6 Å². The van der Waals surface area contributed by atoms with Gasteiger partial charge < -0.3 is 0 Å². The first kappa shape index (κ1) is 10.2. The van der Waals surface area contributed by atoms with Gasteiger partial charge in [-0.25, -0.2) is 5.48 Å². The van der Waals surface area contributed by atoms with Gasteiger partial charge in [0.25, 0.3) is 5.91 Å². The number of hydrogen-bond donors (Lipinski definition) is 2. The SMILES string of the molecule is C=C(C=Cc1ccccc1)C(=O)NO. The Morgan fingerprint density at radius 3 is 2.57 bits per heavy atom. The molecule has 0 aliphatic rings. The minimum atomic E-state index is -0.600. The van der Waals surface area contributed by atoms with Gasteiger partial charge in [0.2, 0.25) is 0 Å². The number of carbonyl (C=O) groups is 1. The maximum Gasteiger partial charge on any atom is 0.274 e. The molecule has 0 unspecified atom stereocenters. The van der Waals surface area contributed by atoms with Crippen LogP contribution in [0.15, 0.2) is 48.6 Å². The summed E-state index contributed by atoms with van der Waals surface area (Å²) in [5.41, 5.74) is 2.69. The van der Waals surface area contributed by atoms with E-state index in [-0.39, 0.29) is 5.57 Å². The van der Waals surface area contributed by atoms with Crippen molar-refractivity contribution in [3.05, 3.63) is 54.1 Å². The third kappa shape index (κ3) is 2.88. The standard InChI is InChI=1S/C11H11NO2/c1-9(11(13)12-14)7-8-10-5-3-2-4-6-10/h2-8,14H,1H2,(H,12,13). The molecule has 0 aliphatic carbocycles. The molecule has 0 radical (unpaired) electrons. The summed E-state index contributed by atoms with van der Waals surface area (Å²) >= 11 is 0. The molecule has 0 aromatic heterocycles. The molecule has 72 valence electrons. The Bertz CT molecular complexity index is 355. The molecule has 1 amide bonds. The summed E-state index contributed by atoms with van der Waals surface area (Å²) in [5.74, 6) is -0.600. The van der Waals surface area contributed by atoms with Crippen LogP contribution < -0.4 is 5.48 Å². The van der Waals surface area contributed by atoms with Crippen LogP contribution in [0.5, 0.6) is 0 Å². The van der Waals surface area contributed by atoms with Gasteiger partial charge in [-0.1, -0.05) is 43.0 Å². The summed E-state index contributed by atoms with van der Waals surface area (Å²) in [7, 11) is 0. The fourth-order valence-corrected chi connectivity index (χ4v) is 0.908. The van der Waals surface area contributed by atoms with E-state index in [1.165, 1.54) is 5.48 Å². The number of carbonyl (C=O) groups excluding carboxylic acids is 1. The molecule has 0 atom stereocenters. The Balaban J connectivity index is 2.65. The first-order valence-corrected chi connectivity index (χ1v) is 4.10. The zero-order valence-corrected chi connectivity index (χ0v) is 7.60. The third-order valence-corrected chi connectivity index (χ3v) is 1.67. The van der Waals surface area contributed by atoms with Crippen LogP contribution >= 0.6 is 0 Å². The Morgan fingerprint density at radius 1 is 1.36 bits per heavy atom. The van der Waals surface area contributed by atoms with Crippen molar-refractivity contribution < 1.29 is 10.0 Å². The summed E-state index contributed by atoms with van der Waals surface area (Å²) in [5, 5.41) is 8.31. The molecule has 1 rings (SSSR count). The molecule has 3 nitrogen and oxygen atoms in total. The first-order chi connectivity index (χ1) is 6.74. The van der Waals surface area contributed by atoms with Gasteiger partial charge in [0.15, 0.2) is 0 Å². The van der Waals surface area contributed by atoms with Crippen LogP contribution in [0.4, 0.5) is 0 Å². The molecule has 1 aromatic rings. The van der Waals surface area contributed by atoms with Crippen LogP contribution in [-0.4, -0.2) is 11.1 Å². The Hall–Kier alpha value is -1.87. The van der Waals surface area contributed by atoms with Crippen molar-refractivity contribution in [3.8, 4) is 0 Å². The van der Waals surface area contributed by atoms with Gasteiger partial charge in [0, 0.05) is 5.57 Å². The van der Waals surface area contributed by atoms with Crippen molar-refractivity contribution in [3.63, 3.8) is 0 Å². The minimum absolute atomic E-state index is 0.205. The molecule has 0 bridgehead atoms. The van der Waals surface area contributed by atoms with Gasteiger partial charge >= 0.3 is 0 Å². The molecule has 2 N–H and O–H groups in total. The van der Waals surface area contributed by atoms with Gasteiger partial charge in [0.1, 0.15) is 0 Å². The minimum Gasteiger partial charge on any atom is -0.288 e. The van der Waals surface area contributed by atoms with Crippen LogP contribution in [0.25, 0.3) is 6.08 Å². The van der Waals surface area contributed by atoms with Crippen molar-refractivity contribution in [2.24, 2.45) is 0 Å². The lowest BCUT2D eigenvalue weighted by Crippen LogP contribution is -2.19. The molecule has 3 heteroatoms. The number of amides is 1. The number of rotatable bonds is 3. The second kappa shape index (κ2) is 4.99. The van der Waals surface area contributed by atoms with Crippen molar-refractivity contribution in [1.82, 2.24) is 5.48 Å². The highest BCUT2D eigenvalue weighted by atomic mass is 16.5. The number of benzene rings is 1. The van der Waals surface area contributed by atoms with E-state index in [0.29, 0.717) is 0 Å². The molecule has 0 spiro atoms. The molecule has 0 aliphatic heterocycles. The third-order valence-electron chi connectivity index (χ3n) is 1.67. The average molecular weight is 189 g/mol. The zero-order valence-electron chi connectivity index (χ0n) is 7.60. The van der Waals surface area contributed by atoms with Crippen molar-refractivity contribution >= 4 is 12.0 Å². The predicted octanol–water partition coefficient (Wildman–Crippen LogP) is 1.76. The van der Waals surface area contributed by atoms with E-state index in [2.05, 4.69) is 6.58 Å². The fourth-order valence-electron chi connectivity index (χ4n) is 0.908. The first-order valence-electron chi connectivity index (χ1n) is 4.10. The van der Waals surface area contributed by atoms with Crippen LogP contribution in [0.3, 0.4) is 0 Å². The molecule has 0 saturated carbocycles. The van der Waals surface area contributed by atoms with Crippen LogP contribution in [0, 0.1) is 0 Å². The summed E-state index contributed by atoms with van der Waals surface area (Å²) in [6.07, 6.45) is 3.29. The topological polar surface area (TPSA) is 49.3 Å². The molecule has 0 fully saturated rings. The predicted molar refractivity (Wildman–Crippen MR) is 54.5 cm³/mol. The van der Waals surface area contributed by atoms with Gasteiger partial charge in [-0.3, -0.25) is 10.0 Å². The highest BCUT2D eigenvalue weighted by molar-refractivity contribution is 5.95. The van der Waals surface area contributed by atoms with Crippen molar-refractivity contribution in [2.45, 2.75) is 0 Å². The van der Waals surface area contributed by atoms with E-state index >= 15 is 0 Å². The summed E-state index contributed by atoms with van der Waals surface area (Å²) in [6, 6.07) is 9.51. The van der Waals surface area contributed by atoms with E-state index in [1.807, 2.05) is 30.3 Å². The summed E-state index contributed by atoms with van der Waals surface area (Å²) < 4.78 is 0. The van der Waals surface area contributed by atoms with Crippen molar-refractivity contribution in [1.29, 1.82) is 0 Å². The van der Waals surface area contributed by atoms with Gasteiger partial charge in [0.05, 0.1) is 0 Å². The normalized spacial score (nSPS) is 10.1. The maximum absolute atomic E-state index is 10.8. The second-order valence-corrected chi connectivity index (χ2v) is 2.71. The second-order valence-electron chi connectivity index (χ2n) is 2.71. The largest absolute Gasteiger partial charge is 0.288 e. The molecule has 14 heavy (non-hydrogen) atoms. The Morgan fingerprint density at radius 2 is 2.00 bits per heavy atom. The smallest absolute Gasteiger partial charge is 0.274 e. The molecule has 0 heterocycles. The van der Waals surface area contributed by atoms with E-state index in [4.69, 9.17) is 5.21 Å². The van der Waals surface area contributed by atoms with Crippen LogP contribution in [0.2, 0.25) is 0 Å². The van der Waals surface area contributed by atoms with Gasteiger partial charge in [-0.15, -0.1) is 0 Å². The van der Waals surface area contributed by atoms with E-state index in [0.717, 1.165) is 5.56 Å². The van der Waals surface area contributed by atoms with E-state index < -0.39 is 5.91 Å². The molecular formula is C11H11NO2. The lowest BCUT2D eigenvalue weighted by atomic mass is 10.2. The highest BCUT2D eigenvalue weighted by Gasteiger charge is 1.99. The Labute approximate surface area is 82.3 Å². The fraction of sp³-hybridized carbons (Fsp3) is 0. The highest BCUT2D eigenvalue weighted by Crippen LogP contribution is 2.03. The summed E-state index contributed by atoms with van der Waals surface area (Å²) in [6.45, 7) is 3.48.